The second-order valence-electron chi connectivity index (χ2n) is 4.84. The minimum Gasteiger partial charge on any atom is -0.346 e. The maximum Gasteiger partial charge on any atom is 0.252 e. The molecule has 0 bridgehead atoms. The van der Waals surface area contributed by atoms with Crippen LogP contribution in [0, 0.1) is 0 Å². The van der Waals surface area contributed by atoms with Crippen LogP contribution in [0.5, 0.6) is 0 Å². The molecule has 0 aliphatic rings. The third kappa shape index (κ3) is 3.69. The van der Waals surface area contributed by atoms with E-state index in [1.165, 1.54) is 9.78 Å². The van der Waals surface area contributed by atoms with E-state index in [4.69, 9.17) is 0 Å². The van der Waals surface area contributed by atoms with Crippen LogP contribution in [-0.2, 0) is 0 Å². The van der Waals surface area contributed by atoms with Crippen molar-refractivity contribution in [3.8, 4) is 0 Å². The van der Waals surface area contributed by atoms with Gasteiger partial charge in [-0.2, -0.15) is 0 Å². The molecule has 0 saturated carbocycles. The number of thiophene rings is 1. The molecule has 3 nitrogen and oxygen atoms in total. The van der Waals surface area contributed by atoms with Gasteiger partial charge in [-0.1, -0.05) is 18.2 Å². The topological polar surface area (TPSA) is 33.5 Å². The molecule has 5 heteroatoms. The van der Waals surface area contributed by atoms with Crippen molar-refractivity contribution in [1.29, 1.82) is 0 Å². The second-order valence-corrected chi connectivity index (χ2v) is 6.67. The highest BCUT2D eigenvalue weighted by molar-refractivity contribution is 9.10. The van der Waals surface area contributed by atoms with Crippen LogP contribution >= 0.6 is 27.3 Å². The number of carbonyl (C=O) groups is 1. The molecule has 1 amide bonds. The van der Waals surface area contributed by atoms with Gasteiger partial charge in [0, 0.05) is 4.47 Å². The average molecular weight is 354 g/mol. The Balaban J connectivity index is 2.03. The van der Waals surface area contributed by atoms with E-state index in [9.17, 15) is 4.79 Å². The van der Waals surface area contributed by atoms with Gasteiger partial charge in [-0.3, -0.25) is 4.79 Å². The number of likely N-dealkylation sites (N-methyl/N-ethyl adjacent to an activating group) is 1. The molecule has 106 valence electrons. The number of amides is 1. The van der Waals surface area contributed by atoms with Gasteiger partial charge in [-0.05, 0) is 39.5 Å². The molecule has 2 aromatic rings. The van der Waals surface area contributed by atoms with Gasteiger partial charge in [0.05, 0.1) is 31.1 Å². The maximum absolute atomic E-state index is 12.2. The number of carbonyl (C=O) groups excluding carboxylic acids is 1. The molecule has 0 saturated heterocycles. The highest BCUT2D eigenvalue weighted by Crippen LogP contribution is 2.17. The molecular weight excluding hydrogens is 336 g/mol. The molecule has 0 fully saturated rings. The Bertz CT molecular complexity index is 569. The lowest BCUT2D eigenvalue weighted by atomic mass is 10.2. The predicted molar refractivity (Wildman–Crippen MR) is 86.3 cm³/mol. The summed E-state index contributed by atoms with van der Waals surface area (Å²) < 4.78 is 0.822. The predicted octanol–water partition coefficient (Wildman–Crippen LogP) is 2.13. The van der Waals surface area contributed by atoms with Crippen molar-refractivity contribution in [2.45, 2.75) is 6.04 Å². The number of rotatable bonds is 5. The van der Waals surface area contributed by atoms with Crippen LogP contribution in [-0.4, -0.2) is 26.5 Å². The minimum atomic E-state index is -0.0414. The summed E-state index contributed by atoms with van der Waals surface area (Å²) in [5.74, 6) is -0.0414. The summed E-state index contributed by atoms with van der Waals surface area (Å²) in [6, 6.07) is 11.9. The van der Waals surface area contributed by atoms with Crippen molar-refractivity contribution in [2.75, 3.05) is 20.6 Å². The third-order valence-electron chi connectivity index (χ3n) is 3.17. The van der Waals surface area contributed by atoms with Crippen LogP contribution in [0.4, 0.5) is 0 Å². The zero-order chi connectivity index (χ0) is 14.5. The van der Waals surface area contributed by atoms with Gasteiger partial charge in [0.15, 0.2) is 0 Å². The van der Waals surface area contributed by atoms with E-state index in [1.807, 2.05) is 30.3 Å². The van der Waals surface area contributed by atoms with Crippen LogP contribution in [0.15, 0.2) is 46.3 Å². The normalized spacial score (nSPS) is 12.4. The summed E-state index contributed by atoms with van der Waals surface area (Å²) in [6.07, 6.45) is 0. The van der Waals surface area contributed by atoms with Gasteiger partial charge in [0.1, 0.15) is 6.04 Å². The largest absolute Gasteiger partial charge is 0.346 e. The van der Waals surface area contributed by atoms with Crippen molar-refractivity contribution in [2.24, 2.45) is 0 Å². The van der Waals surface area contributed by atoms with Crippen molar-refractivity contribution in [3.05, 3.63) is 56.7 Å². The molecule has 1 heterocycles. The maximum atomic E-state index is 12.2. The fraction of sp³-hybridized carbons (Fsp3) is 0.267. The number of hydrogen-bond acceptors (Lipinski definition) is 2. The molecule has 1 atom stereocenters. The number of halogens is 1. The van der Waals surface area contributed by atoms with Crippen LogP contribution in [0.3, 0.4) is 0 Å². The highest BCUT2D eigenvalue weighted by atomic mass is 79.9. The molecule has 2 rings (SSSR count). The molecule has 1 aromatic heterocycles. The molecular formula is C15H18BrN2OS+. The number of quaternary nitrogens is 1. The van der Waals surface area contributed by atoms with Crippen LogP contribution in [0.1, 0.15) is 21.3 Å². The van der Waals surface area contributed by atoms with Gasteiger partial charge in [0.2, 0.25) is 0 Å². The van der Waals surface area contributed by atoms with E-state index in [1.54, 1.807) is 11.3 Å². The van der Waals surface area contributed by atoms with E-state index < -0.39 is 0 Å². The SMILES string of the molecule is C[NH+](C)[C@@H](CNC(=O)c1ccccc1Br)c1cccs1. The summed E-state index contributed by atoms with van der Waals surface area (Å²) in [4.78, 5) is 14.8. The van der Waals surface area contributed by atoms with E-state index in [2.05, 4.69) is 46.8 Å². The Hall–Kier alpha value is -1.17. The van der Waals surface area contributed by atoms with E-state index in [0.717, 1.165) is 4.47 Å². The fourth-order valence-electron chi connectivity index (χ4n) is 2.01. The monoisotopic (exact) mass is 353 g/mol. The first kappa shape index (κ1) is 15.2. The first-order valence-corrected chi connectivity index (χ1v) is 8.13. The number of hydrogen-bond donors (Lipinski definition) is 2. The van der Waals surface area contributed by atoms with Gasteiger partial charge in [-0.25, -0.2) is 0 Å². The molecule has 0 radical (unpaired) electrons. The summed E-state index contributed by atoms with van der Waals surface area (Å²) in [7, 11) is 4.21. The Labute approximate surface area is 131 Å². The van der Waals surface area contributed by atoms with Crippen LogP contribution < -0.4 is 10.2 Å². The molecule has 2 N–H and O–H groups in total. The lowest BCUT2D eigenvalue weighted by Gasteiger charge is -2.20. The van der Waals surface area contributed by atoms with Crippen molar-refractivity contribution < 1.29 is 9.69 Å². The molecule has 0 aliphatic carbocycles. The van der Waals surface area contributed by atoms with Crippen LogP contribution in [0.2, 0.25) is 0 Å². The van der Waals surface area contributed by atoms with Gasteiger partial charge >= 0.3 is 0 Å². The summed E-state index contributed by atoms with van der Waals surface area (Å²) in [6.45, 7) is 0.628. The van der Waals surface area contributed by atoms with E-state index in [-0.39, 0.29) is 11.9 Å². The number of benzene rings is 1. The van der Waals surface area contributed by atoms with E-state index in [0.29, 0.717) is 12.1 Å². The first-order valence-electron chi connectivity index (χ1n) is 6.45. The molecule has 20 heavy (non-hydrogen) atoms. The standard InChI is InChI=1S/C15H17BrN2OS/c1-18(2)13(14-8-5-9-20-14)10-17-15(19)11-6-3-4-7-12(11)16/h3-9,13H,10H2,1-2H3,(H,17,19)/p+1/t13-/m0/s1. The first-order chi connectivity index (χ1) is 9.59. The zero-order valence-electron chi connectivity index (χ0n) is 11.5. The molecule has 0 spiro atoms. The number of nitrogens with one attached hydrogen (secondary N) is 2. The fourth-order valence-corrected chi connectivity index (χ4v) is 3.43. The smallest absolute Gasteiger partial charge is 0.252 e. The van der Waals surface area contributed by atoms with Crippen molar-refractivity contribution in [3.63, 3.8) is 0 Å². The summed E-state index contributed by atoms with van der Waals surface area (Å²) in [5, 5.41) is 5.10. The van der Waals surface area contributed by atoms with Gasteiger partial charge < -0.3 is 10.2 Å². The lowest BCUT2D eigenvalue weighted by Crippen LogP contribution is -3.06. The zero-order valence-corrected chi connectivity index (χ0v) is 13.9. The van der Waals surface area contributed by atoms with Crippen molar-refractivity contribution in [1.82, 2.24) is 5.32 Å². The Kier molecular flexibility index (Phi) is 5.34. The average Bonchev–Trinajstić information content (AvgIpc) is 2.92. The molecule has 0 unspecified atom stereocenters. The quantitative estimate of drug-likeness (QED) is 0.848. The Morgan fingerprint density at radius 3 is 2.65 bits per heavy atom. The second kappa shape index (κ2) is 7.02. The van der Waals surface area contributed by atoms with E-state index >= 15 is 0 Å². The minimum absolute atomic E-state index is 0.0414. The Morgan fingerprint density at radius 1 is 1.30 bits per heavy atom. The summed E-state index contributed by atoms with van der Waals surface area (Å²) in [5.41, 5.74) is 0.672. The van der Waals surface area contributed by atoms with Crippen LogP contribution in [0.25, 0.3) is 0 Å². The summed E-state index contributed by atoms with van der Waals surface area (Å²) >= 11 is 5.14. The molecule has 1 aromatic carbocycles. The highest BCUT2D eigenvalue weighted by Gasteiger charge is 2.20. The molecule has 0 aliphatic heterocycles. The lowest BCUT2D eigenvalue weighted by molar-refractivity contribution is -0.890. The van der Waals surface area contributed by atoms with Gasteiger partial charge in [-0.15, -0.1) is 11.3 Å². The Morgan fingerprint density at radius 2 is 2.05 bits per heavy atom. The van der Waals surface area contributed by atoms with Gasteiger partial charge in [0.25, 0.3) is 5.91 Å². The van der Waals surface area contributed by atoms with Crippen molar-refractivity contribution >= 4 is 33.2 Å². The third-order valence-corrected chi connectivity index (χ3v) is 4.85.